The van der Waals surface area contributed by atoms with Crippen LogP contribution in [0.4, 0.5) is 4.79 Å². The summed E-state index contributed by atoms with van der Waals surface area (Å²) >= 11 is 0. The van der Waals surface area contributed by atoms with Gasteiger partial charge >= 0.3 is 18.0 Å². The number of hydrogen-bond acceptors (Lipinski definition) is 8. The standard InChI is InChI=1S/C24H38N2O7/c1-21(2,3)31-18(28)15-14-16(15)24(19(29)32-22(4,5)6,13(17(14)27)12-26(10)11)25-20(30)33-23(7,8)9/h12,14-16H,1-11H3,(H,25,30)/b13-12+/t14-,15-,16-,24-/m0/s1. The molecule has 1 N–H and O–H groups in total. The second-order valence-electron chi connectivity index (χ2n) is 11.9. The Hall–Kier alpha value is -2.58. The number of ketones is 1. The van der Waals surface area contributed by atoms with Gasteiger partial charge in [0, 0.05) is 37.7 Å². The molecular weight excluding hydrogens is 428 g/mol. The molecule has 186 valence electrons. The predicted molar refractivity (Wildman–Crippen MR) is 121 cm³/mol. The maximum Gasteiger partial charge on any atom is 0.408 e. The fourth-order valence-corrected chi connectivity index (χ4v) is 4.09. The third-order valence-corrected chi connectivity index (χ3v) is 5.00. The van der Waals surface area contributed by atoms with E-state index in [2.05, 4.69) is 5.32 Å². The first-order chi connectivity index (χ1) is 14.7. The molecule has 0 spiro atoms. The molecule has 0 saturated heterocycles. The lowest BCUT2D eigenvalue weighted by Gasteiger charge is -2.36. The number of carbonyl (C=O) groups excluding carboxylic acids is 4. The topological polar surface area (TPSA) is 111 Å². The number of esters is 2. The molecule has 4 atom stereocenters. The van der Waals surface area contributed by atoms with Crippen molar-refractivity contribution >= 4 is 23.8 Å². The molecule has 2 aliphatic rings. The summed E-state index contributed by atoms with van der Waals surface area (Å²) in [4.78, 5) is 54.5. The van der Waals surface area contributed by atoms with Crippen molar-refractivity contribution in [3.05, 3.63) is 11.8 Å². The molecule has 2 fully saturated rings. The van der Waals surface area contributed by atoms with Crippen LogP contribution in [0.2, 0.25) is 0 Å². The van der Waals surface area contributed by atoms with E-state index in [0.717, 1.165) is 0 Å². The zero-order chi connectivity index (χ0) is 25.7. The largest absolute Gasteiger partial charge is 0.460 e. The van der Waals surface area contributed by atoms with Crippen LogP contribution in [0.3, 0.4) is 0 Å². The van der Waals surface area contributed by atoms with Crippen molar-refractivity contribution in [2.75, 3.05) is 14.1 Å². The van der Waals surface area contributed by atoms with Gasteiger partial charge in [-0.05, 0) is 62.3 Å². The molecule has 33 heavy (non-hydrogen) atoms. The molecule has 0 unspecified atom stereocenters. The highest BCUT2D eigenvalue weighted by molar-refractivity contribution is 6.16. The number of alkyl carbamates (subject to hydrolysis) is 1. The van der Waals surface area contributed by atoms with Crippen LogP contribution in [-0.4, -0.2) is 65.2 Å². The number of rotatable bonds is 4. The van der Waals surface area contributed by atoms with Crippen LogP contribution in [0.1, 0.15) is 62.3 Å². The summed E-state index contributed by atoms with van der Waals surface area (Å²) in [7, 11) is 3.39. The lowest BCUT2D eigenvalue weighted by Crippen LogP contribution is -2.60. The highest BCUT2D eigenvalue weighted by Crippen LogP contribution is 2.63. The maximum absolute atomic E-state index is 13.7. The summed E-state index contributed by atoms with van der Waals surface area (Å²) in [5.74, 6) is -4.32. The quantitative estimate of drug-likeness (QED) is 0.382. The molecule has 2 rings (SSSR count). The van der Waals surface area contributed by atoms with Gasteiger partial charge in [-0.25, -0.2) is 9.59 Å². The molecule has 9 heteroatoms. The van der Waals surface area contributed by atoms with E-state index in [0.29, 0.717) is 0 Å². The highest BCUT2D eigenvalue weighted by atomic mass is 16.6. The Balaban J connectivity index is 2.61. The van der Waals surface area contributed by atoms with E-state index in [-0.39, 0.29) is 5.57 Å². The fourth-order valence-electron chi connectivity index (χ4n) is 4.09. The van der Waals surface area contributed by atoms with Crippen LogP contribution in [0.15, 0.2) is 11.8 Å². The number of carbonyl (C=O) groups is 4. The Morgan fingerprint density at radius 1 is 0.879 bits per heavy atom. The molecule has 0 aromatic heterocycles. The van der Waals surface area contributed by atoms with Gasteiger partial charge < -0.3 is 24.4 Å². The molecule has 1 amide bonds. The minimum absolute atomic E-state index is 0.0578. The number of hydrogen-bond donors (Lipinski definition) is 1. The Morgan fingerprint density at radius 2 is 1.36 bits per heavy atom. The first-order valence-corrected chi connectivity index (χ1v) is 11.1. The molecule has 0 heterocycles. The summed E-state index contributed by atoms with van der Waals surface area (Å²) in [5.41, 5.74) is -4.35. The van der Waals surface area contributed by atoms with Crippen molar-refractivity contribution in [3.63, 3.8) is 0 Å². The SMILES string of the molecule is CN(C)/C=C1\C(=O)[C@H]2[C@H](C(=O)OC(C)(C)C)[C@H]2[C@]1(NC(=O)OC(C)(C)C)C(=O)OC(C)(C)C. The van der Waals surface area contributed by atoms with Gasteiger partial charge in [0.1, 0.15) is 16.8 Å². The fraction of sp³-hybridized carbons (Fsp3) is 0.750. The van der Waals surface area contributed by atoms with E-state index >= 15 is 0 Å². The van der Waals surface area contributed by atoms with Gasteiger partial charge in [0.15, 0.2) is 11.3 Å². The Labute approximate surface area is 196 Å². The van der Waals surface area contributed by atoms with Crippen molar-refractivity contribution in [3.8, 4) is 0 Å². The molecule has 0 aromatic carbocycles. The van der Waals surface area contributed by atoms with Gasteiger partial charge in [0.05, 0.1) is 5.92 Å². The third kappa shape index (κ3) is 5.86. The summed E-state index contributed by atoms with van der Waals surface area (Å²) in [5, 5.41) is 2.64. The smallest absolute Gasteiger partial charge is 0.408 e. The zero-order valence-electron chi connectivity index (χ0n) is 21.6. The summed E-state index contributed by atoms with van der Waals surface area (Å²) in [6.07, 6.45) is 0.600. The van der Waals surface area contributed by atoms with Crippen LogP contribution in [0, 0.1) is 17.8 Å². The number of ether oxygens (including phenoxy) is 3. The van der Waals surface area contributed by atoms with E-state index in [4.69, 9.17) is 14.2 Å². The molecular formula is C24H38N2O7. The summed E-state index contributed by atoms with van der Waals surface area (Å²) < 4.78 is 16.6. The van der Waals surface area contributed by atoms with Crippen LogP contribution in [0.25, 0.3) is 0 Å². The summed E-state index contributed by atoms with van der Waals surface area (Å²) in [6, 6.07) is 0. The van der Waals surface area contributed by atoms with E-state index in [1.54, 1.807) is 81.3 Å². The number of nitrogens with one attached hydrogen (secondary N) is 1. The Bertz CT molecular complexity index is 871. The molecule has 0 bridgehead atoms. The van der Waals surface area contributed by atoms with Gasteiger partial charge in [-0.15, -0.1) is 0 Å². The van der Waals surface area contributed by atoms with E-state index in [1.165, 1.54) is 6.20 Å². The first kappa shape index (κ1) is 26.7. The van der Waals surface area contributed by atoms with Gasteiger partial charge in [-0.2, -0.15) is 0 Å². The Kier molecular flexibility index (Phi) is 6.73. The predicted octanol–water partition coefficient (Wildman–Crippen LogP) is 2.82. The van der Waals surface area contributed by atoms with Gasteiger partial charge in [0.2, 0.25) is 0 Å². The van der Waals surface area contributed by atoms with E-state index < -0.39 is 63.9 Å². The van der Waals surface area contributed by atoms with Crippen molar-refractivity contribution in [2.24, 2.45) is 17.8 Å². The summed E-state index contributed by atoms with van der Waals surface area (Å²) in [6.45, 7) is 15.3. The molecule has 0 aliphatic heterocycles. The molecule has 2 saturated carbocycles. The number of fused-ring (bicyclic) bond motifs is 1. The van der Waals surface area contributed by atoms with Crippen LogP contribution in [-0.2, 0) is 28.6 Å². The van der Waals surface area contributed by atoms with Crippen molar-refractivity contribution in [2.45, 2.75) is 84.7 Å². The molecule has 0 radical (unpaired) electrons. The maximum atomic E-state index is 13.7. The minimum atomic E-state index is -1.89. The van der Waals surface area contributed by atoms with Crippen LogP contribution < -0.4 is 5.32 Å². The zero-order valence-corrected chi connectivity index (χ0v) is 21.6. The lowest BCUT2D eigenvalue weighted by atomic mass is 9.85. The molecule has 9 nitrogen and oxygen atoms in total. The number of nitrogens with zero attached hydrogens (tertiary/aromatic N) is 1. The first-order valence-electron chi connectivity index (χ1n) is 11.1. The van der Waals surface area contributed by atoms with Gasteiger partial charge in [-0.1, -0.05) is 0 Å². The van der Waals surface area contributed by atoms with Crippen molar-refractivity contribution < 1.29 is 33.4 Å². The third-order valence-electron chi connectivity index (χ3n) is 5.00. The van der Waals surface area contributed by atoms with E-state index in [1.807, 2.05) is 0 Å². The van der Waals surface area contributed by atoms with Crippen molar-refractivity contribution in [1.29, 1.82) is 0 Å². The average Bonchev–Trinajstić information content (AvgIpc) is 3.23. The normalized spacial score (nSPS) is 28.2. The van der Waals surface area contributed by atoms with Gasteiger partial charge in [-0.3, -0.25) is 9.59 Å². The number of Topliss-reactive ketones (excluding diaryl/α,β-unsaturated/α-hetero) is 1. The second kappa shape index (κ2) is 8.33. The Morgan fingerprint density at radius 3 is 1.79 bits per heavy atom. The monoisotopic (exact) mass is 466 g/mol. The lowest BCUT2D eigenvalue weighted by molar-refractivity contribution is -0.164. The van der Waals surface area contributed by atoms with Gasteiger partial charge in [0.25, 0.3) is 0 Å². The van der Waals surface area contributed by atoms with Crippen molar-refractivity contribution in [1.82, 2.24) is 10.2 Å². The van der Waals surface area contributed by atoms with E-state index in [9.17, 15) is 19.2 Å². The van der Waals surface area contributed by atoms with Crippen LogP contribution >= 0.6 is 0 Å². The number of amides is 1. The van der Waals surface area contributed by atoms with Crippen LogP contribution in [0.5, 0.6) is 0 Å². The average molecular weight is 467 g/mol. The molecule has 0 aromatic rings. The second-order valence-corrected chi connectivity index (χ2v) is 11.9. The molecule has 2 aliphatic carbocycles. The highest BCUT2D eigenvalue weighted by Gasteiger charge is 2.79. The minimum Gasteiger partial charge on any atom is -0.460 e.